The molecule has 4 nitrogen and oxygen atoms in total. The molecule has 0 aromatic carbocycles. The first kappa shape index (κ1) is 11.3. The minimum atomic E-state index is 0.0346. The predicted molar refractivity (Wildman–Crippen MR) is 67.2 cm³/mol. The van der Waals surface area contributed by atoms with Crippen LogP contribution < -0.4 is 4.90 Å². The Balaban J connectivity index is 2.34. The van der Waals surface area contributed by atoms with Crippen LogP contribution in [0.5, 0.6) is 0 Å². The quantitative estimate of drug-likeness (QED) is 0.787. The Morgan fingerprint density at radius 2 is 2.27 bits per heavy atom. The van der Waals surface area contributed by atoms with Crippen LogP contribution in [0, 0.1) is 0 Å². The zero-order chi connectivity index (χ0) is 11.0. The number of thiol groups is 1. The van der Waals surface area contributed by atoms with E-state index < -0.39 is 0 Å². The summed E-state index contributed by atoms with van der Waals surface area (Å²) in [5.41, 5.74) is 0. The van der Waals surface area contributed by atoms with Gasteiger partial charge in [-0.1, -0.05) is 0 Å². The van der Waals surface area contributed by atoms with Gasteiger partial charge in [0.2, 0.25) is 5.91 Å². The minimum absolute atomic E-state index is 0.0346. The number of hydrogen-bond donors (Lipinski definition) is 1. The van der Waals surface area contributed by atoms with Crippen molar-refractivity contribution in [3.05, 3.63) is 15.4 Å². The first-order chi connectivity index (χ1) is 7.08. The van der Waals surface area contributed by atoms with Gasteiger partial charge in [-0.05, 0) is 31.9 Å². The van der Waals surface area contributed by atoms with Crippen LogP contribution >= 0.6 is 44.5 Å². The van der Waals surface area contributed by atoms with Crippen molar-refractivity contribution in [1.82, 2.24) is 9.97 Å². The zero-order valence-electron chi connectivity index (χ0n) is 7.52. The topological polar surface area (TPSA) is 46.1 Å². The van der Waals surface area contributed by atoms with E-state index in [9.17, 15) is 4.79 Å². The maximum absolute atomic E-state index is 11.6. The highest BCUT2D eigenvalue weighted by molar-refractivity contribution is 9.11. The first-order valence-electron chi connectivity index (χ1n) is 4.24. The maximum atomic E-state index is 11.6. The molecule has 0 N–H and O–H groups in total. The number of hydrogen-bond acceptors (Lipinski definition) is 4. The second-order valence-electron chi connectivity index (χ2n) is 3.17. The summed E-state index contributed by atoms with van der Waals surface area (Å²) in [5.74, 6) is 0.590. The van der Waals surface area contributed by atoms with E-state index >= 15 is 0 Å². The largest absolute Gasteiger partial charge is 0.293 e. The number of carbonyl (C=O) groups is 1. The molecule has 0 spiro atoms. The number of anilines is 1. The van der Waals surface area contributed by atoms with E-state index in [1.54, 1.807) is 11.1 Å². The van der Waals surface area contributed by atoms with Crippen LogP contribution in [0.1, 0.15) is 6.42 Å². The Morgan fingerprint density at radius 3 is 2.80 bits per heavy atom. The summed E-state index contributed by atoms with van der Waals surface area (Å²) in [6.45, 7) is 0.580. The van der Waals surface area contributed by atoms with Crippen molar-refractivity contribution in [3.63, 3.8) is 0 Å². The van der Waals surface area contributed by atoms with Crippen LogP contribution in [0.4, 0.5) is 5.82 Å². The smallest absolute Gasteiger partial charge is 0.229 e. The van der Waals surface area contributed by atoms with E-state index in [-0.39, 0.29) is 11.2 Å². The van der Waals surface area contributed by atoms with Crippen LogP contribution in [-0.2, 0) is 4.79 Å². The third kappa shape index (κ3) is 2.34. The third-order valence-electron chi connectivity index (χ3n) is 2.04. The molecule has 80 valence electrons. The number of nitrogens with zero attached hydrogens (tertiary/aromatic N) is 3. The summed E-state index contributed by atoms with van der Waals surface area (Å²) in [5, 5.41) is 0.0786. The van der Waals surface area contributed by atoms with Crippen molar-refractivity contribution in [3.8, 4) is 0 Å². The van der Waals surface area contributed by atoms with Gasteiger partial charge in [-0.15, -0.1) is 0 Å². The molecule has 1 aromatic heterocycles. The average Bonchev–Trinajstić information content (AvgIpc) is 2.45. The normalized spacial score (nSPS) is 21.1. The van der Waals surface area contributed by atoms with E-state index in [0.29, 0.717) is 28.0 Å². The molecule has 7 heteroatoms. The highest BCUT2D eigenvalue weighted by atomic mass is 79.9. The van der Waals surface area contributed by atoms with Gasteiger partial charge in [0.1, 0.15) is 9.21 Å². The molecule has 2 heterocycles. The minimum Gasteiger partial charge on any atom is -0.293 e. The van der Waals surface area contributed by atoms with Gasteiger partial charge in [-0.25, -0.2) is 9.97 Å². The van der Waals surface area contributed by atoms with E-state index in [1.807, 2.05) is 0 Å². The van der Waals surface area contributed by atoms with Gasteiger partial charge in [-0.3, -0.25) is 9.69 Å². The molecule has 1 aliphatic heterocycles. The van der Waals surface area contributed by atoms with Gasteiger partial charge in [0.25, 0.3) is 0 Å². The number of aromatic nitrogens is 2. The van der Waals surface area contributed by atoms with Gasteiger partial charge >= 0.3 is 0 Å². The molecule has 1 fully saturated rings. The lowest BCUT2D eigenvalue weighted by Gasteiger charge is -2.15. The summed E-state index contributed by atoms with van der Waals surface area (Å²) in [6, 6.07) is 0. The monoisotopic (exact) mass is 351 g/mol. The average molecular weight is 353 g/mol. The molecule has 1 amide bonds. The number of carbonyl (C=O) groups excluding carboxylic acids is 1. The Labute approximate surface area is 109 Å². The van der Waals surface area contributed by atoms with Crippen LogP contribution in [-0.4, -0.2) is 27.7 Å². The fourth-order valence-electron chi connectivity index (χ4n) is 1.41. The van der Waals surface area contributed by atoms with Gasteiger partial charge in [0.05, 0.1) is 6.20 Å². The Kier molecular flexibility index (Phi) is 3.32. The molecule has 1 unspecified atom stereocenters. The fraction of sp³-hybridized carbons (Fsp3) is 0.375. The van der Waals surface area contributed by atoms with Gasteiger partial charge in [-0.2, -0.15) is 12.6 Å². The molecule has 0 bridgehead atoms. The lowest BCUT2D eigenvalue weighted by Crippen LogP contribution is -2.26. The molecule has 0 saturated carbocycles. The van der Waals surface area contributed by atoms with Crippen LogP contribution in [0.25, 0.3) is 0 Å². The second kappa shape index (κ2) is 4.39. The van der Waals surface area contributed by atoms with Crippen LogP contribution in [0.15, 0.2) is 15.4 Å². The maximum Gasteiger partial charge on any atom is 0.229 e. The molecular weight excluding hydrogens is 346 g/mol. The molecule has 0 radical (unpaired) electrons. The molecular formula is C8H7Br2N3OS. The highest BCUT2D eigenvalue weighted by Crippen LogP contribution is 2.28. The van der Waals surface area contributed by atoms with Crippen molar-refractivity contribution in [2.45, 2.75) is 11.7 Å². The molecule has 15 heavy (non-hydrogen) atoms. The van der Waals surface area contributed by atoms with Crippen molar-refractivity contribution < 1.29 is 4.79 Å². The first-order valence-corrected chi connectivity index (χ1v) is 6.34. The summed E-state index contributed by atoms with van der Waals surface area (Å²) in [7, 11) is 0. The second-order valence-corrected chi connectivity index (χ2v) is 5.46. The summed E-state index contributed by atoms with van der Waals surface area (Å²) < 4.78 is 1.19. The number of halogens is 2. The van der Waals surface area contributed by atoms with Crippen molar-refractivity contribution >= 4 is 56.2 Å². The lowest BCUT2D eigenvalue weighted by molar-refractivity contribution is -0.117. The van der Waals surface area contributed by atoms with Gasteiger partial charge < -0.3 is 0 Å². The number of amides is 1. The predicted octanol–water partition coefficient (Wildman–Crippen LogP) is 2.04. The van der Waals surface area contributed by atoms with Crippen molar-refractivity contribution in [1.29, 1.82) is 0 Å². The number of rotatable bonds is 1. The Hall–Kier alpha value is -0.140. The standard InChI is InChI=1S/C8H7Br2N3OS/c9-5-2-11-8(7(10)12-5)13-3-4(15)1-6(13)14/h2,4,15H,1,3H2. The Morgan fingerprint density at radius 1 is 1.53 bits per heavy atom. The van der Waals surface area contributed by atoms with Crippen molar-refractivity contribution in [2.24, 2.45) is 0 Å². The fourth-order valence-corrected chi connectivity index (χ4v) is 2.76. The summed E-state index contributed by atoms with van der Waals surface area (Å²) >= 11 is 10.8. The molecule has 1 saturated heterocycles. The molecule has 0 aliphatic carbocycles. The zero-order valence-corrected chi connectivity index (χ0v) is 11.6. The van der Waals surface area contributed by atoms with E-state index in [1.165, 1.54) is 0 Å². The summed E-state index contributed by atoms with van der Waals surface area (Å²) in [6.07, 6.45) is 2.02. The van der Waals surface area contributed by atoms with Gasteiger partial charge in [0, 0.05) is 18.2 Å². The Bertz CT molecular complexity index is 415. The highest BCUT2D eigenvalue weighted by Gasteiger charge is 2.30. The van der Waals surface area contributed by atoms with E-state index in [2.05, 4.69) is 54.5 Å². The molecule has 2 rings (SSSR count). The lowest BCUT2D eigenvalue weighted by atomic mass is 10.4. The van der Waals surface area contributed by atoms with E-state index in [4.69, 9.17) is 0 Å². The molecule has 1 atom stereocenters. The third-order valence-corrected chi connectivity index (χ3v) is 3.30. The SMILES string of the molecule is O=C1CC(S)CN1c1ncc(Br)nc1Br. The molecule has 1 aromatic rings. The van der Waals surface area contributed by atoms with E-state index in [0.717, 1.165) is 0 Å². The van der Waals surface area contributed by atoms with Crippen LogP contribution in [0.2, 0.25) is 0 Å². The van der Waals surface area contributed by atoms with Crippen molar-refractivity contribution in [2.75, 3.05) is 11.4 Å². The van der Waals surface area contributed by atoms with Crippen LogP contribution in [0.3, 0.4) is 0 Å². The molecule has 1 aliphatic rings. The summed E-state index contributed by atoms with van der Waals surface area (Å²) in [4.78, 5) is 21.5. The van der Waals surface area contributed by atoms with Gasteiger partial charge in [0.15, 0.2) is 5.82 Å².